The van der Waals surface area contributed by atoms with E-state index in [0.717, 1.165) is 51.1 Å². The molecule has 0 saturated heterocycles. The Hall–Kier alpha value is -5.28. The van der Waals surface area contributed by atoms with E-state index in [0.29, 0.717) is 0 Å². The first-order valence-corrected chi connectivity index (χ1v) is 13.1. The summed E-state index contributed by atoms with van der Waals surface area (Å²) >= 11 is 0. The highest BCUT2D eigenvalue weighted by Gasteiger charge is 2.25. The van der Waals surface area contributed by atoms with Crippen LogP contribution in [0.1, 0.15) is 0 Å². The number of anilines is 5. The average molecular weight is 503 g/mol. The summed E-state index contributed by atoms with van der Waals surface area (Å²) in [7, 11) is 0. The molecule has 1 aliphatic rings. The predicted molar refractivity (Wildman–Crippen MR) is 162 cm³/mol. The van der Waals surface area contributed by atoms with Crippen LogP contribution in [0.4, 0.5) is 28.4 Å². The molecule has 39 heavy (non-hydrogen) atoms. The first-order chi connectivity index (χ1) is 19.3. The van der Waals surface area contributed by atoms with E-state index in [1.807, 2.05) is 42.5 Å². The van der Waals surface area contributed by atoms with E-state index in [4.69, 9.17) is 4.74 Å². The van der Waals surface area contributed by atoms with Crippen LogP contribution in [0.15, 0.2) is 152 Å². The highest BCUT2D eigenvalue weighted by molar-refractivity contribution is 5.87. The van der Waals surface area contributed by atoms with Gasteiger partial charge in [-0.05, 0) is 82.9 Å². The summed E-state index contributed by atoms with van der Waals surface area (Å²) in [4.78, 5) is 2.27. The molecule has 6 aromatic rings. The molecule has 0 fully saturated rings. The zero-order valence-corrected chi connectivity index (χ0v) is 21.3. The van der Waals surface area contributed by atoms with Crippen LogP contribution in [0.3, 0.4) is 0 Å². The van der Waals surface area contributed by atoms with E-state index in [9.17, 15) is 0 Å². The summed E-state index contributed by atoms with van der Waals surface area (Å²) in [5.41, 5.74) is 10.0. The Morgan fingerprint density at radius 3 is 1.51 bits per heavy atom. The first kappa shape index (κ1) is 22.9. The molecule has 0 bridgehead atoms. The molecule has 0 spiro atoms. The molecule has 0 amide bonds. The Kier molecular flexibility index (Phi) is 5.80. The van der Waals surface area contributed by atoms with E-state index >= 15 is 0 Å². The molecule has 3 heteroatoms. The van der Waals surface area contributed by atoms with Crippen molar-refractivity contribution in [1.29, 1.82) is 0 Å². The molecule has 186 valence electrons. The van der Waals surface area contributed by atoms with Crippen LogP contribution in [0.5, 0.6) is 11.5 Å². The van der Waals surface area contributed by atoms with Gasteiger partial charge < -0.3 is 15.0 Å². The van der Waals surface area contributed by atoms with Crippen LogP contribution in [-0.2, 0) is 0 Å². The van der Waals surface area contributed by atoms with Crippen molar-refractivity contribution in [2.75, 3.05) is 10.2 Å². The van der Waals surface area contributed by atoms with Crippen molar-refractivity contribution in [2.24, 2.45) is 0 Å². The lowest BCUT2D eigenvalue weighted by atomic mass is 10.0. The number of nitrogens with zero attached hydrogens (tertiary/aromatic N) is 1. The van der Waals surface area contributed by atoms with Gasteiger partial charge in [0.15, 0.2) is 11.5 Å². The summed E-state index contributed by atoms with van der Waals surface area (Å²) in [6.45, 7) is 0. The SMILES string of the molecule is c1ccc(-c2ccc(Nc3ccc(-c4cccc(N5c6ccccc6Oc6ccccc65)c4)cc3)cc2)cc1. The lowest BCUT2D eigenvalue weighted by molar-refractivity contribution is 0.477. The van der Waals surface area contributed by atoms with Gasteiger partial charge in [-0.25, -0.2) is 0 Å². The molecule has 0 radical (unpaired) electrons. The smallest absolute Gasteiger partial charge is 0.151 e. The molecular weight excluding hydrogens is 476 g/mol. The Labute approximate surface area is 228 Å². The number of benzene rings is 6. The largest absolute Gasteiger partial charge is 0.453 e. The predicted octanol–water partition coefficient (Wildman–Crippen LogP) is 10.3. The van der Waals surface area contributed by atoms with Crippen LogP contribution in [0.2, 0.25) is 0 Å². The molecule has 1 aliphatic heterocycles. The van der Waals surface area contributed by atoms with Crippen LogP contribution in [-0.4, -0.2) is 0 Å². The molecule has 0 unspecified atom stereocenters. The monoisotopic (exact) mass is 502 g/mol. The number of hydrogen-bond acceptors (Lipinski definition) is 3. The Bertz CT molecular complexity index is 1700. The Balaban J connectivity index is 1.14. The summed E-state index contributed by atoms with van der Waals surface area (Å²) < 4.78 is 6.19. The van der Waals surface area contributed by atoms with E-state index in [1.54, 1.807) is 0 Å². The second-order valence-electron chi connectivity index (χ2n) is 9.57. The molecule has 7 rings (SSSR count). The third kappa shape index (κ3) is 4.51. The zero-order chi connectivity index (χ0) is 26.0. The molecule has 0 aliphatic carbocycles. The van der Waals surface area contributed by atoms with Crippen molar-refractivity contribution in [3.05, 3.63) is 152 Å². The molecule has 3 nitrogen and oxygen atoms in total. The maximum atomic E-state index is 6.19. The summed E-state index contributed by atoms with van der Waals surface area (Å²) in [6.07, 6.45) is 0. The zero-order valence-electron chi connectivity index (χ0n) is 21.3. The van der Waals surface area contributed by atoms with Crippen molar-refractivity contribution in [3.63, 3.8) is 0 Å². The van der Waals surface area contributed by atoms with E-state index < -0.39 is 0 Å². The van der Waals surface area contributed by atoms with Crippen molar-refractivity contribution in [2.45, 2.75) is 0 Å². The molecule has 0 aromatic heterocycles. The van der Waals surface area contributed by atoms with Crippen molar-refractivity contribution in [3.8, 4) is 33.8 Å². The second-order valence-corrected chi connectivity index (χ2v) is 9.57. The van der Waals surface area contributed by atoms with Crippen molar-refractivity contribution >= 4 is 28.4 Å². The highest BCUT2D eigenvalue weighted by atomic mass is 16.5. The first-order valence-electron chi connectivity index (χ1n) is 13.1. The number of rotatable bonds is 5. The number of nitrogens with one attached hydrogen (secondary N) is 1. The molecule has 6 aromatic carbocycles. The topological polar surface area (TPSA) is 24.5 Å². The van der Waals surface area contributed by atoms with E-state index in [-0.39, 0.29) is 0 Å². The molecular formula is C36H26N2O. The van der Waals surface area contributed by atoms with Gasteiger partial charge in [-0.15, -0.1) is 0 Å². The summed E-state index contributed by atoms with van der Waals surface area (Å²) in [5, 5.41) is 3.52. The molecule has 0 saturated carbocycles. The lowest BCUT2D eigenvalue weighted by Gasteiger charge is -2.33. The minimum Gasteiger partial charge on any atom is -0.453 e. The minimum absolute atomic E-state index is 0.855. The van der Waals surface area contributed by atoms with Gasteiger partial charge in [-0.1, -0.05) is 91.0 Å². The van der Waals surface area contributed by atoms with Crippen molar-refractivity contribution < 1.29 is 4.74 Å². The normalized spacial score (nSPS) is 11.7. The van der Waals surface area contributed by atoms with Gasteiger partial charge in [0, 0.05) is 17.1 Å². The minimum atomic E-state index is 0.855. The van der Waals surface area contributed by atoms with Crippen LogP contribution in [0.25, 0.3) is 22.3 Å². The summed E-state index contributed by atoms with van der Waals surface area (Å²) in [6, 6.07) is 52.6. The molecule has 0 atom stereocenters. The number of hydrogen-bond donors (Lipinski definition) is 1. The van der Waals surface area contributed by atoms with Gasteiger partial charge in [-0.3, -0.25) is 0 Å². The van der Waals surface area contributed by atoms with Crippen molar-refractivity contribution in [1.82, 2.24) is 0 Å². The van der Waals surface area contributed by atoms with Gasteiger partial charge in [0.25, 0.3) is 0 Å². The van der Waals surface area contributed by atoms with Gasteiger partial charge in [0.1, 0.15) is 0 Å². The van der Waals surface area contributed by atoms with Gasteiger partial charge >= 0.3 is 0 Å². The number of fused-ring (bicyclic) bond motifs is 2. The van der Waals surface area contributed by atoms with Crippen LogP contribution in [0, 0.1) is 0 Å². The standard InChI is InChI=1S/C36H26N2O/c1-2-9-26(10-3-1)27-17-21-30(22-18-27)37-31-23-19-28(20-24-31)29-11-8-12-32(25-29)38-33-13-4-6-15-35(33)39-36-16-7-5-14-34(36)38/h1-25,37H. The van der Waals surface area contributed by atoms with Gasteiger partial charge in [0.05, 0.1) is 11.4 Å². The fourth-order valence-electron chi connectivity index (χ4n) is 5.10. The Morgan fingerprint density at radius 2 is 0.897 bits per heavy atom. The highest BCUT2D eigenvalue weighted by Crippen LogP contribution is 2.50. The van der Waals surface area contributed by atoms with E-state index in [2.05, 4.69) is 119 Å². The quantitative estimate of drug-likeness (QED) is 0.253. The fraction of sp³-hybridized carbons (Fsp3) is 0. The summed E-state index contributed by atoms with van der Waals surface area (Å²) in [5.74, 6) is 1.71. The number of ether oxygens (including phenoxy) is 1. The lowest BCUT2D eigenvalue weighted by Crippen LogP contribution is -2.15. The van der Waals surface area contributed by atoms with Gasteiger partial charge in [0.2, 0.25) is 0 Å². The van der Waals surface area contributed by atoms with E-state index in [1.165, 1.54) is 11.1 Å². The Morgan fingerprint density at radius 1 is 0.410 bits per heavy atom. The third-order valence-corrected chi connectivity index (χ3v) is 7.04. The fourth-order valence-corrected chi connectivity index (χ4v) is 5.10. The second kappa shape index (κ2) is 9.88. The van der Waals surface area contributed by atoms with Crippen LogP contribution >= 0.6 is 0 Å². The van der Waals surface area contributed by atoms with Crippen LogP contribution < -0.4 is 15.0 Å². The molecule has 1 N–H and O–H groups in total. The average Bonchev–Trinajstić information content (AvgIpc) is 3.01. The number of para-hydroxylation sites is 4. The third-order valence-electron chi connectivity index (χ3n) is 7.04. The van der Waals surface area contributed by atoms with Gasteiger partial charge in [-0.2, -0.15) is 0 Å². The maximum Gasteiger partial charge on any atom is 0.151 e. The maximum absolute atomic E-state index is 6.19. The molecule has 1 heterocycles.